The number of hydrogen-bond donors (Lipinski definition) is 1. The zero-order valence-electron chi connectivity index (χ0n) is 32.6. The smallest absolute Gasteiger partial charge is 0.123 e. The number of allylic oxidation sites excluding steroid dienone is 8. The lowest BCUT2D eigenvalue weighted by molar-refractivity contribution is -0.00292. The van der Waals surface area contributed by atoms with Crippen LogP contribution in [0.2, 0.25) is 0 Å². The standard InChI is InChI=1S/C46H77NO3/c1-3-5-7-9-11-13-15-17-19-21-23-25-27-29-31-33-35-49-45-37-43(40-47-41-44(48)42-47)38-46(39-45)50-36-34-32-30-28-26-24-22-20-18-16-14-12-10-8-6-4-2/h11-14,17-20,37-39,44,48H,3-10,15-16,21-36,40-42H2,1-2H3. The lowest BCUT2D eigenvalue weighted by Gasteiger charge is -2.35. The fourth-order valence-corrected chi connectivity index (χ4v) is 6.38. The number of aliphatic hydroxyl groups is 1. The van der Waals surface area contributed by atoms with Crippen LogP contribution < -0.4 is 9.47 Å². The van der Waals surface area contributed by atoms with E-state index < -0.39 is 0 Å². The van der Waals surface area contributed by atoms with E-state index in [1.54, 1.807) is 0 Å². The van der Waals surface area contributed by atoms with E-state index in [2.05, 4.69) is 85.6 Å². The number of ether oxygens (including phenoxy) is 2. The molecule has 50 heavy (non-hydrogen) atoms. The molecule has 2 rings (SSSR count). The Hall–Kier alpha value is -2.30. The van der Waals surface area contributed by atoms with Gasteiger partial charge in [0.15, 0.2) is 0 Å². The number of benzene rings is 1. The predicted molar refractivity (Wildman–Crippen MR) is 217 cm³/mol. The maximum absolute atomic E-state index is 9.73. The van der Waals surface area contributed by atoms with Gasteiger partial charge in [-0.1, -0.05) is 140 Å². The normalized spacial score (nSPS) is 14.2. The highest BCUT2D eigenvalue weighted by molar-refractivity contribution is 5.38. The molecule has 1 saturated heterocycles. The SMILES string of the molecule is CCCCCC=CCC=CCCCCCCCCOc1cc(CN2CC(O)C2)cc(OCCCCCCCCC=CCC=CCCCCC)c1. The molecular weight excluding hydrogens is 615 g/mol. The van der Waals surface area contributed by atoms with Crippen molar-refractivity contribution in [2.75, 3.05) is 26.3 Å². The van der Waals surface area contributed by atoms with Crippen LogP contribution in [-0.2, 0) is 6.54 Å². The van der Waals surface area contributed by atoms with Crippen molar-refractivity contribution in [1.29, 1.82) is 0 Å². The van der Waals surface area contributed by atoms with E-state index in [1.807, 2.05) is 0 Å². The number of aliphatic hydroxyl groups excluding tert-OH is 1. The van der Waals surface area contributed by atoms with Crippen molar-refractivity contribution < 1.29 is 14.6 Å². The van der Waals surface area contributed by atoms with Gasteiger partial charge in [-0.25, -0.2) is 0 Å². The minimum Gasteiger partial charge on any atom is -0.493 e. The minimum atomic E-state index is -0.183. The average Bonchev–Trinajstić information content (AvgIpc) is 3.10. The topological polar surface area (TPSA) is 41.9 Å². The second kappa shape index (κ2) is 32.6. The van der Waals surface area contributed by atoms with Crippen molar-refractivity contribution >= 4 is 0 Å². The second-order valence-electron chi connectivity index (χ2n) is 14.5. The van der Waals surface area contributed by atoms with Crippen molar-refractivity contribution in [3.63, 3.8) is 0 Å². The molecule has 0 amide bonds. The quantitative estimate of drug-likeness (QED) is 0.0577. The molecule has 4 heteroatoms. The van der Waals surface area contributed by atoms with E-state index in [1.165, 1.54) is 134 Å². The van der Waals surface area contributed by atoms with E-state index in [0.29, 0.717) is 0 Å². The number of nitrogens with zero attached hydrogens (tertiary/aromatic N) is 1. The van der Waals surface area contributed by atoms with E-state index in [0.717, 1.165) is 70.0 Å². The summed E-state index contributed by atoms with van der Waals surface area (Å²) >= 11 is 0. The largest absolute Gasteiger partial charge is 0.493 e. The molecule has 1 N–H and O–H groups in total. The van der Waals surface area contributed by atoms with Gasteiger partial charge in [0.2, 0.25) is 0 Å². The van der Waals surface area contributed by atoms with Gasteiger partial charge in [0, 0.05) is 25.7 Å². The minimum absolute atomic E-state index is 0.183. The van der Waals surface area contributed by atoms with Gasteiger partial charge in [-0.2, -0.15) is 0 Å². The molecule has 0 spiro atoms. The zero-order valence-corrected chi connectivity index (χ0v) is 32.6. The van der Waals surface area contributed by atoms with Crippen molar-refractivity contribution in [1.82, 2.24) is 4.90 Å². The summed E-state index contributed by atoms with van der Waals surface area (Å²) in [5, 5.41) is 9.73. The number of hydrogen-bond acceptors (Lipinski definition) is 4. The van der Waals surface area contributed by atoms with Gasteiger partial charge < -0.3 is 14.6 Å². The molecule has 1 aromatic carbocycles. The maximum Gasteiger partial charge on any atom is 0.123 e. The first-order chi connectivity index (χ1) is 24.7. The third kappa shape index (κ3) is 25.6. The average molecular weight is 692 g/mol. The van der Waals surface area contributed by atoms with Crippen molar-refractivity contribution in [2.24, 2.45) is 0 Å². The van der Waals surface area contributed by atoms with Gasteiger partial charge in [0.05, 0.1) is 19.3 Å². The van der Waals surface area contributed by atoms with Crippen molar-refractivity contribution in [3.05, 3.63) is 72.4 Å². The molecule has 1 aromatic rings. The molecule has 0 radical (unpaired) electrons. The van der Waals surface area contributed by atoms with Gasteiger partial charge in [-0.3, -0.25) is 4.90 Å². The Balaban J connectivity index is 1.53. The summed E-state index contributed by atoms with van der Waals surface area (Å²) in [7, 11) is 0. The van der Waals surface area contributed by atoms with Gasteiger partial charge in [-0.05, 0) is 94.7 Å². The molecule has 284 valence electrons. The molecule has 0 aliphatic carbocycles. The van der Waals surface area contributed by atoms with Gasteiger partial charge >= 0.3 is 0 Å². The van der Waals surface area contributed by atoms with Crippen LogP contribution in [-0.4, -0.2) is 42.4 Å². The monoisotopic (exact) mass is 692 g/mol. The molecule has 0 aromatic heterocycles. The Kier molecular flexibility index (Phi) is 28.6. The van der Waals surface area contributed by atoms with Gasteiger partial charge in [-0.15, -0.1) is 0 Å². The first-order valence-corrected chi connectivity index (χ1v) is 21.1. The second-order valence-corrected chi connectivity index (χ2v) is 14.5. The van der Waals surface area contributed by atoms with Crippen LogP contribution in [0.3, 0.4) is 0 Å². The van der Waals surface area contributed by atoms with Crippen LogP contribution >= 0.6 is 0 Å². The summed E-state index contributed by atoms with van der Waals surface area (Å²) in [4.78, 5) is 2.28. The molecule has 0 saturated carbocycles. The molecule has 0 unspecified atom stereocenters. The lowest BCUT2D eigenvalue weighted by Crippen LogP contribution is -2.49. The van der Waals surface area contributed by atoms with E-state index in [4.69, 9.17) is 9.47 Å². The van der Waals surface area contributed by atoms with Crippen LogP contribution in [0.25, 0.3) is 0 Å². The van der Waals surface area contributed by atoms with Gasteiger partial charge in [0.1, 0.15) is 11.5 Å². The summed E-state index contributed by atoms with van der Waals surface area (Å²) in [6.07, 6.45) is 48.6. The maximum atomic E-state index is 9.73. The van der Waals surface area contributed by atoms with E-state index in [9.17, 15) is 5.11 Å². The Bertz CT molecular complexity index is 954. The molecule has 1 fully saturated rings. The summed E-state index contributed by atoms with van der Waals surface area (Å²) in [5.74, 6) is 1.83. The predicted octanol–water partition coefficient (Wildman–Crippen LogP) is 13.2. The van der Waals surface area contributed by atoms with E-state index in [-0.39, 0.29) is 6.10 Å². The number of β-amino-alcohol motifs (C(OH)–C–C–N with tert-alkyl or cyclic N) is 1. The molecule has 1 aliphatic heterocycles. The first kappa shape index (κ1) is 43.9. The highest BCUT2D eigenvalue weighted by atomic mass is 16.5. The van der Waals surface area contributed by atoms with Crippen LogP contribution in [0.5, 0.6) is 11.5 Å². The van der Waals surface area contributed by atoms with Crippen LogP contribution in [0.15, 0.2) is 66.8 Å². The van der Waals surface area contributed by atoms with Gasteiger partial charge in [0.25, 0.3) is 0 Å². The Morgan fingerprint density at radius 2 is 0.900 bits per heavy atom. The molecule has 0 bridgehead atoms. The van der Waals surface area contributed by atoms with Crippen LogP contribution in [0.1, 0.15) is 174 Å². The first-order valence-electron chi connectivity index (χ1n) is 21.1. The van der Waals surface area contributed by atoms with Crippen molar-refractivity contribution in [2.45, 2.75) is 181 Å². The number of likely N-dealkylation sites (tertiary alicyclic amines) is 1. The molecule has 1 aliphatic rings. The summed E-state index contributed by atoms with van der Waals surface area (Å²) in [6, 6.07) is 6.39. The fourth-order valence-electron chi connectivity index (χ4n) is 6.38. The molecular formula is C46H77NO3. The Labute approximate surface area is 309 Å². The van der Waals surface area contributed by atoms with E-state index >= 15 is 0 Å². The fraction of sp³-hybridized carbons (Fsp3) is 0.696. The van der Waals surface area contributed by atoms with Crippen LogP contribution in [0.4, 0.5) is 0 Å². The molecule has 1 heterocycles. The third-order valence-electron chi connectivity index (χ3n) is 9.51. The summed E-state index contributed by atoms with van der Waals surface area (Å²) in [6.45, 7) is 8.37. The Morgan fingerprint density at radius 3 is 1.30 bits per heavy atom. The van der Waals surface area contributed by atoms with Crippen molar-refractivity contribution in [3.8, 4) is 11.5 Å². The highest BCUT2D eigenvalue weighted by Gasteiger charge is 2.24. The lowest BCUT2D eigenvalue weighted by atomic mass is 10.1. The summed E-state index contributed by atoms with van der Waals surface area (Å²) < 4.78 is 12.5. The number of unbranched alkanes of at least 4 members (excludes halogenated alkanes) is 18. The molecule has 0 atom stereocenters. The zero-order chi connectivity index (χ0) is 35.6. The summed E-state index contributed by atoms with van der Waals surface area (Å²) in [5.41, 5.74) is 1.21. The third-order valence-corrected chi connectivity index (χ3v) is 9.51. The van der Waals surface area contributed by atoms with Crippen LogP contribution in [0, 0.1) is 0 Å². The highest BCUT2D eigenvalue weighted by Crippen LogP contribution is 2.26. The number of rotatable bonds is 34. The molecule has 4 nitrogen and oxygen atoms in total. The Morgan fingerprint density at radius 1 is 0.520 bits per heavy atom.